The lowest BCUT2D eigenvalue weighted by atomic mass is 9.82. The van der Waals surface area contributed by atoms with Gasteiger partial charge in [0.05, 0.1) is 6.04 Å². The normalized spacial score (nSPS) is 26.2. The molecule has 0 radical (unpaired) electrons. The Morgan fingerprint density at radius 1 is 1.05 bits per heavy atom. The molecule has 3 aromatic heterocycles. The van der Waals surface area contributed by atoms with Crippen LogP contribution in [0.4, 0.5) is 17.6 Å². The summed E-state index contributed by atoms with van der Waals surface area (Å²) < 4.78 is 1.86. The van der Waals surface area contributed by atoms with Crippen molar-refractivity contribution in [3.8, 4) is 0 Å². The number of nitrogens with zero attached hydrogens (tertiary/aromatic N) is 5. The fraction of sp³-hybridized carbons (Fsp3) is 0.643. The van der Waals surface area contributed by atoms with Gasteiger partial charge in [-0.1, -0.05) is 0 Å². The van der Waals surface area contributed by atoms with Crippen molar-refractivity contribution in [3.63, 3.8) is 0 Å². The summed E-state index contributed by atoms with van der Waals surface area (Å²) in [5.41, 5.74) is 2.08. The number of rotatable bonds is 10. The van der Waals surface area contributed by atoms with Crippen LogP contribution >= 0.6 is 0 Å². The van der Waals surface area contributed by atoms with Gasteiger partial charge in [0, 0.05) is 42.9 Å². The number of aromatic amines is 1. The molecule has 0 amide bonds. The van der Waals surface area contributed by atoms with Crippen LogP contribution in [-0.2, 0) is 4.79 Å². The number of carbonyl (C=O) groups is 1. The van der Waals surface area contributed by atoms with Crippen molar-refractivity contribution in [2.75, 3.05) is 23.3 Å². The smallest absolute Gasteiger partial charge is 0.246 e. The lowest BCUT2D eigenvalue weighted by Crippen LogP contribution is -2.39. The summed E-state index contributed by atoms with van der Waals surface area (Å²) in [6, 6.07) is 6.58. The van der Waals surface area contributed by atoms with Gasteiger partial charge in [-0.25, -0.2) is 4.52 Å². The van der Waals surface area contributed by atoms with Gasteiger partial charge >= 0.3 is 0 Å². The highest BCUT2D eigenvalue weighted by molar-refractivity contribution is 5.87. The molecule has 0 unspecified atom stereocenters. The molecule has 1 saturated heterocycles. The number of ketones is 1. The van der Waals surface area contributed by atoms with Crippen molar-refractivity contribution in [3.05, 3.63) is 30.1 Å². The van der Waals surface area contributed by atoms with E-state index >= 15 is 0 Å². The highest BCUT2D eigenvalue weighted by Gasteiger charge is 2.35. The molecule has 1 atom stereocenters. The standard InChI is InChI=1S/C28H38N8O/c37-25(15-18-7-11-21(12-8-18)29-17-19-5-6-19)23-3-1-13-35(23)28-31-27(24-4-2-14-36(24)34-28)30-26-16-22(32-33-26)20-9-10-20/h2,4,14,16,18-21,23,29H,1,3,5-13,15,17H2,(H2,30,31,32,33,34)/t18?,21?,23-/m0/s1. The van der Waals surface area contributed by atoms with Crippen molar-refractivity contribution in [1.29, 1.82) is 0 Å². The SMILES string of the molecule is O=C(CC1CCC(NCC2CC2)CC1)[C@@H]1CCCN1c1nc(Nc2cc(C3CC3)[nH]n2)c2cccn2n1. The van der Waals surface area contributed by atoms with Gasteiger partial charge in [0.1, 0.15) is 5.52 Å². The molecule has 7 rings (SSSR count). The summed E-state index contributed by atoms with van der Waals surface area (Å²) in [4.78, 5) is 20.6. The number of Topliss-reactive ketones (excluding diaryl/α,β-unsaturated/α-hetero) is 1. The molecule has 4 aliphatic rings. The molecular weight excluding hydrogens is 464 g/mol. The van der Waals surface area contributed by atoms with E-state index in [2.05, 4.69) is 31.8 Å². The Hall–Kier alpha value is -2.94. The first kappa shape index (κ1) is 23.2. The van der Waals surface area contributed by atoms with Crippen LogP contribution < -0.4 is 15.5 Å². The quantitative estimate of drug-likeness (QED) is 0.373. The van der Waals surface area contributed by atoms with Crippen molar-refractivity contribution < 1.29 is 4.79 Å². The number of anilines is 3. The minimum atomic E-state index is -0.126. The largest absolute Gasteiger partial charge is 0.329 e. The van der Waals surface area contributed by atoms with Crippen LogP contribution in [-0.4, -0.2) is 55.8 Å². The highest BCUT2D eigenvalue weighted by atomic mass is 16.1. The van der Waals surface area contributed by atoms with Gasteiger partial charge in [-0.05, 0) is 94.7 Å². The number of fused-ring (bicyclic) bond motifs is 1. The summed E-state index contributed by atoms with van der Waals surface area (Å²) in [7, 11) is 0. The zero-order valence-corrected chi connectivity index (χ0v) is 21.5. The van der Waals surface area contributed by atoms with E-state index < -0.39 is 0 Å². The Bertz CT molecular complexity index is 1250. The molecule has 3 saturated carbocycles. The van der Waals surface area contributed by atoms with E-state index in [1.54, 1.807) is 0 Å². The molecule has 1 aliphatic heterocycles. The van der Waals surface area contributed by atoms with Crippen LogP contribution in [0.5, 0.6) is 0 Å². The highest BCUT2D eigenvalue weighted by Crippen LogP contribution is 2.40. The van der Waals surface area contributed by atoms with Crippen LogP contribution in [0.25, 0.3) is 5.52 Å². The van der Waals surface area contributed by atoms with Crippen molar-refractivity contribution in [1.82, 2.24) is 30.1 Å². The second-order valence-corrected chi connectivity index (χ2v) is 11.8. The minimum Gasteiger partial charge on any atom is -0.329 e. The molecule has 3 aromatic rings. The first-order valence-corrected chi connectivity index (χ1v) is 14.4. The predicted octanol–water partition coefficient (Wildman–Crippen LogP) is 4.56. The van der Waals surface area contributed by atoms with Gasteiger partial charge in [-0.2, -0.15) is 10.1 Å². The first-order chi connectivity index (χ1) is 18.2. The topological polar surface area (TPSA) is 103 Å². The monoisotopic (exact) mass is 502 g/mol. The molecule has 37 heavy (non-hydrogen) atoms. The zero-order valence-electron chi connectivity index (χ0n) is 21.5. The maximum absolute atomic E-state index is 13.5. The van der Waals surface area contributed by atoms with E-state index in [4.69, 9.17) is 10.1 Å². The number of H-pyrrole nitrogens is 1. The maximum Gasteiger partial charge on any atom is 0.246 e. The van der Waals surface area contributed by atoms with Gasteiger partial charge in [0.2, 0.25) is 5.95 Å². The second kappa shape index (κ2) is 9.74. The Kier molecular flexibility index (Phi) is 6.11. The van der Waals surface area contributed by atoms with Crippen LogP contribution in [0, 0.1) is 11.8 Å². The molecule has 3 N–H and O–H groups in total. The van der Waals surface area contributed by atoms with Gasteiger partial charge in [0.25, 0.3) is 0 Å². The van der Waals surface area contributed by atoms with Gasteiger partial charge in [-0.15, -0.1) is 5.10 Å². The van der Waals surface area contributed by atoms with Gasteiger partial charge < -0.3 is 15.5 Å². The average molecular weight is 503 g/mol. The summed E-state index contributed by atoms with van der Waals surface area (Å²) in [5.74, 6) is 4.52. The van der Waals surface area contributed by atoms with E-state index in [1.165, 1.54) is 50.8 Å². The van der Waals surface area contributed by atoms with E-state index in [9.17, 15) is 4.79 Å². The second-order valence-electron chi connectivity index (χ2n) is 11.8. The average Bonchev–Trinajstić information content (AvgIpc) is 3.76. The molecule has 0 spiro atoms. The Balaban J connectivity index is 1.03. The lowest BCUT2D eigenvalue weighted by Gasteiger charge is -2.30. The van der Waals surface area contributed by atoms with Crippen molar-refractivity contribution in [2.45, 2.75) is 88.6 Å². The third kappa shape index (κ3) is 5.10. The number of nitrogens with one attached hydrogen (secondary N) is 3. The van der Waals surface area contributed by atoms with Crippen LogP contribution in [0.2, 0.25) is 0 Å². The molecule has 196 valence electrons. The number of carbonyl (C=O) groups excluding carboxylic acids is 1. The van der Waals surface area contributed by atoms with Crippen molar-refractivity contribution >= 4 is 28.9 Å². The predicted molar refractivity (Wildman–Crippen MR) is 143 cm³/mol. The molecule has 0 bridgehead atoms. The molecule has 3 aliphatic carbocycles. The third-order valence-electron chi connectivity index (χ3n) is 8.85. The summed E-state index contributed by atoms with van der Waals surface area (Å²) in [5, 5.41) is 19.6. The minimum absolute atomic E-state index is 0.126. The van der Waals surface area contributed by atoms with Gasteiger partial charge in [0.15, 0.2) is 17.4 Å². The van der Waals surface area contributed by atoms with E-state index in [0.717, 1.165) is 55.3 Å². The Morgan fingerprint density at radius 3 is 2.70 bits per heavy atom. The fourth-order valence-electron chi connectivity index (χ4n) is 6.25. The van der Waals surface area contributed by atoms with E-state index in [-0.39, 0.29) is 6.04 Å². The fourth-order valence-corrected chi connectivity index (χ4v) is 6.25. The molecule has 4 heterocycles. The molecule has 4 fully saturated rings. The molecule has 9 heteroatoms. The zero-order chi connectivity index (χ0) is 24.8. The lowest BCUT2D eigenvalue weighted by molar-refractivity contribution is -0.121. The van der Waals surface area contributed by atoms with Crippen molar-refractivity contribution in [2.24, 2.45) is 11.8 Å². The van der Waals surface area contributed by atoms with Crippen LogP contribution in [0.1, 0.15) is 82.2 Å². The maximum atomic E-state index is 13.5. The first-order valence-electron chi connectivity index (χ1n) is 14.4. The van der Waals surface area contributed by atoms with E-state index in [1.807, 2.05) is 22.8 Å². The third-order valence-corrected chi connectivity index (χ3v) is 8.85. The summed E-state index contributed by atoms with van der Waals surface area (Å²) in [6.07, 6.45) is 14.5. The Morgan fingerprint density at radius 2 is 1.89 bits per heavy atom. The number of aromatic nitrogens is 5. The van der Waals surface area contributed by atoms with E-state index in [0.29, 0.717) is 36.0 Å². The molecule has 0 aromatic carbocycles. The number of hydrogen-bond acceptors (Lipinski definition) is 7. The van der Waals surface area contributed by atoms with Gasteiger partial charge in [-0.3, -0.25) is 9.89 Å². The van der Waals surface area contributed by atoms with Crippen LogP contribution in [0.15, 0.2) is 24.4 Å². The molecular formula is C28H38N8O. The Labute approximate surface area is 217 Å². The van der Waals surface area contributed by atoms with Crippen LogP contribution in [0.3, 0.4) is 0 Å². The number of hydrogen-bond donors (Lipinski definition) is 3. The molecule has 9 nitrogen and oxygen atoms in total. The summed E-state index contributed by atoms with van der Waals surface area (Å²) in [6.45, 7) is 2.00. The summed E-state index contributed by atoms with van der Waals surface area (Å²) >= 11 is 0.